The standard InChI is InChI=1S/C21H21Br2NO7/c1-10(25)29-18-9-28-17(20(30-11(2)26)21(18)31-12(3)27)8-15-5-4-13-6-14(22)7-16(23)19(13)24-15/h4-7,17-18,20-21H,8-9H2,1-3H3/t17-,18+,20-,21-/m0/s1. The van der Waals surface area contributed by atoms with Crippen LogP contribution >= 0.6 is 31.9 Å². The third-order valence-corrected chi connectivity index (χ3v) is 5.69. The normalized spacial score (nSPS) is 23.3. The molecule has 0 amide bonds. The Bertz CT molecular complexity index is 1010. The van der Waals surface area contributed by atoms with Crippen molar-refractivity contribution in [3.63, 3.8) is 0 Å². The topological polar surface area (TPSA) is 101 Å². The van der Waals surface area contributed by atoms with Crippen molar-refractivity contribution in [1.82, 2.24) is 4.98 Å². The van der Waals surface area contributed by atoms with Crippen molar-refractivity contribution in [3.05, 3.63) is 38.9 Å². The highest BCUT2D eigenvalue weighted by Gasteiger charge is 2.46. The van der Waals surface area contributed by atoms with Crippen LogP contribution in [0.15, 0.2) is 33.2 Å². The molecule has 31 heavy (non-hydrogen) atoms. The number of fused-ring (bicyclic) bond motifs is 1. The molecule has 0 bridgehead atoms. The van der Waals surface area contributed by atoms with Gasteiger partial charge in [-0.05, 0) is 34.1 Å². The highest BCUT2D eigenvalue weighted by Crippen LogP contribution is 2.30. The molecule has 1 aliphatic heterocycles. The summed E-state index contributed by atoms with van der Waals surface area (Å²) < 4.78 is 23.7. The van der Waals surface area contributed by atoms with Crippen LogP contribution < -0.4 is 0 Å². The number of ether oxygens (including phenoxy) is 4. The second kappa shape index (κ2) is 10.1. The molecule has 8 nitrogen and oxygen atoms in total. The molecule has 2 aromatic rings. The van der Waals surface area contributed by atoms with Crippen molar-refractivity contribution in [2.45, 2.75) is 51.6 Å². The smallest absolute Gasteiger partial charge is 0.303 e. The van der Waals surface area contributed by atoms with Gasteiger partial charge in [-0.1, -0.05) is 22.0 Å². The number of hydrogen-bond donors (Lipinski definition) is 0. The SMILES string of the molecule is CC(=O)O[C@@H]1[C@@H](OC(C)=O)[C@H](OC(C)=O)CO[C@H]1Cc1ccc2cc(Br)cc(Br)c2n1. The Balaban J connectivity index is 1.91. The summed E-state index contributed by atoms with van der Waals surface area (Å²) in [4.78, 5) is 39.6. The van der Waals surface area contributed by atoms with Gasteiger partial charge in [0, 0.05) is 47.2 Å². The van der Waals surface area contributed by atoms with Gasteiger partial charge in [-0.15, -0.1) is 0 Å². The number of hydrogen-bond acceptors (Lipinski definition) is 8. The van der Waals surface area contributed by atoms with Crippen LogP contribution in [0.4, 0.5) is 0 Å². The fourth-order valence-corrected chi connectivity index (χ4v) is 4.85. The van der Waals surface area contributed by atoms with E-state index < -0.39 is 42.3 Å². The number of nitrogens with zero attached hydrogens (tertiary/aromatic N) is 1. The first-order valence-corrected chi connectivity index (χ1v) is 11.1. The van der Waals surface area contributed by atoms with E-state index in [9.17, 15) is 14.4 Å². The summed E-state index contributed by atoms with van der Waals surface area (Å²) in [6, 6.07) is 7.64. The molecule has 1 fully saturated rings. The quantitative estimate of drug-likeness (QED) is 0.406. The van der Waals surface area contributed by atoms with E-state index in [0.717, 1.165) is 19.8 Å². The highest BCUT2D eigenvalue weighted by molar-refractivity contribution is 9.11. The van der Waals surface area contributed by atoms with E-state index >= 15 is 0 Å². The molecule has 0 radical (unpaired) electrons. The first kappa shape index (κ1) is 23.6. The lowest BCUT2D eigenvalue weighted by Crippen LogP contribution is -2.58. The van der Waals surface area contributed by atoms with Crippen LogP contribution in [-0.2, 0) is 39.8 Å². The zero-order valence-corrected chi connectivity index (χ0v) is 20.3. The molecule has 1 saturated heterocycles. The summed E-state index contributed by atoms with van der Waals surface area (Å²) >= 11 is 6.98. The number of halogens is 2. The molecule has 0 spiro atoms. The van der Waals surface area contributed by atoms with E-state index in [4.69, 9.17) is 23.9 Å². The van der Waals surface area contributed by atoms with Crippen molar-refractivity contribution in [2.75, 3.05) is 6.61 Å². The van der Waals surface area contributed by atoms with Gasteiger partial charge in [0.1, 0.15) is 6.10 Å². The maximum Gasteiger partial charge on any atom is 0.303 e. The predicted molar refractivity (Wildman–Crippen MR) is 117 cm³/mol. The number of rotatable bonds is 5. The lowest BCUT2D eigenvalue weighted by atomic mass is 9.95. The van der Waals surface area contributed by atoms with Crippen molar-refractivity contribution >= 4 is 60.7 Å². The lowest BCUT2D eigenvalue weighted by Gasteiger charge is -2.40. The van der Waals surface area contributed by atoms with Crippen molar-refractivity contribution in [2.24, 2.45) is 0 Å². The van der Waals surface area contributed by atoms with Crippen LogP contribution in [0.5, 0.6) is 0 Å². The fraction of sp³-hybridized carbons (Fsp3) is 0.429. The Labute approximate surface area is 195 Å². The Morgan fingerprint density at radius 3 is 2.29 bits per heavy atom. The fourth-order valence-electron chi connectivity index (χ4n) is 3.51. The molecular weight excluding hydrogens is 538 g/mol. The molecule has 1 aliphatic rings. The molecular formula is C21H21Br2NO7. The van der Waals surface area contributed by atoms with Crippen LogP contribution in [0.3, 0.4) is 0 Å². The molecule has 0 unspecified atom stereocenters. The summed E-state index contributed by atoms with van der Waals surface area (Å²) in [5.74, 6) is -1.71. The van der Waals surface area contributed by atoms with Crippen LogP contribution in [-0.4, -0.2) is 53.9 Å². The van der Waals surface area contributed by atoms with Gasteiger partial charge in [-0.25, -0.2) is 0 Å². The Hall–Kier alpha value is -2.04. The van der Waals surface area contributed by atoms with Gasteiger partial charge in [0.15, 0.2) is 18.3 Å². The number of carbonyl (C=O) groups excluding carboxylic acids is 3. The zero-order valence-electron chi connectivity index (χ0n) is 17.1. The van der Waals surface area contributed by atoms with Crippen LogP contribution in [0, 0.1) is 0 Å². The van der Waals surface area contributed by atoms with Crippen molar-refractivity contribution in [1.29, 1.82) is 0 Å². The summed E-state index contributed by atoms with van der Waals surface area (Å²) in [5.41, 5.74) is 1.47. The van der Waals surface area contributed by atoms with Gasteiger partial charge in [0.05, 0.1) is 12.1 Å². The molecule has 2 heterocycles. The number of aromatic nitrogens is 1. The van der Waals surface area contributed by atoms with Crippen LogP contribution in [0.1, 0.15) is 26.5 Å². The van der Waals surface area contributed by atoms with E-state index in [1.165, 1.54) is 20.8 Å². The second-order valence-corrected chi connectivity index (χ2v) is 8.90. The average Bonchev–Trinajstić information content (AvgIpc) is 2.65. The Kier molecular flexibility index (Phi) is 7.66. The van der Waals surface area contributed by atoms with E-state index in [1.54, 1.807) is 0 Å². The average molecular weight is 559 g/mol. The zero-order chi connectivity index (χ0) is 22.7. The first-order chi connectivity index (χ1) is 14.6. The van der Waals surface area contributed by atoms with E-state index in [1.807, 2.05) is 24.3 Å². The lowest BCUT2D eigenvalue weighted by molar-refractivity contribution is -0.225. The summed E-state index contributed by atoms with van der Waals surface area (Å²) in [7, 11) is 0. The molecule has 3 rings (SSSR count). The molecule has 1 aromatic carbocycles. The minimum Gasteiger partial charge on any atom is -0.456 e. The maximum absolute atomic E-state index is 11.8. The summed E-state index contributed by atoms with van der Waals surface area (Å²) in [5, 5.41) is 0.943. The van der Waals surface area contributed by atoms with Gasteiger partial charge in [0.2, 0.25) is 0 Å². The molecule has 0 N–H and O–H groups in total. The summed E-state index contributed by atoms with van der Waals surface area (Å²) in [6.45, 7) is 3.72. The Morgan fingerprint density at radius 1 is 1.00 bits per heavy atom. The second-order valence-electron chi connectivity index (χ2n) is 7.13. The maximum atomic E-state index is 11.8. The van der Waals surface area contributed by atoms with Crippen molar-refractivity contribution < 1.29 is 33.3 Å². The summed E-state index contributed by atoms with van der Waals surface area (Å²) in [6.07, 6.45) is -3.21. The molecule has 0 saturated carbocycles. The van der Waals surface area contributed by atoms with E-state index in [2.05, 4.69) is 31.9 Å². The molecule has 10 heteroatoms. The van der Waals surface area contributed by atoms with Gasteiger partial charge >= 0.3 is 17.9 Å². The molecule has 1 aromatic heterocycles. The van der Waals surface area contributed by atoms with Gasteiger partial charge in [-0.3, -0.25) is 19.4 Å². The minimum atomic E-state index is -0.993. The number of carbonyl (C=O) groups is 3. The predicted octanol–water partition coefficient (Wildman–Crippen LogP) is 3.50. The number of pyridine rings is 1. The first-order valence-electron chi connectivity index (χ1n) is 9.52. The molecule has 4 atom stereocenters. The third-order valence-electron chi connectivity index (χ3n) is 4.63. The minimum absolute atomic E-state index is 0.00974. The van der Waals surface area contributed by atoms with Crippen LogP contribution in [0.2, 0.25) is 0 Å². The van der Waals surface area contributed by atoms with Gasteiger partial charge < -0.3 is 18.9 Å². The molecule has 0 aliphatic carbocycles. The van der Waals surface area contributed by atoms with E-state index in [-0.39, 0.29) is 6.61 Å². The number of benzene rings is 1. The van der Waals surface area contributed by atoms with Crippen LogP contribution in [0.25, 0.3) is 10.9 Å². The number of esters is 3. The molecule has 166 valence electrons. The van der Waals surface area contributed by atoms with Gasteiger partial charge in [-0.2, -0.15) is 0 Å². The van der Waals surface area contributed by atoms with Gasteiger partial charge in [0.25, 0.3) is 0 Å². The Morgan fingerprint density at radius 2 is 1.65 bits per heavy atom. The third kappa shape index (κ3) is 6.02. The van der Waals surface area contributed by atoms with E-state index in [0.29, 0.717) is 12.1 Å². The van der Waals surface area contributed by atoms with Crippen molar-refractivity contribution in [3.8, 4) is 0 Å². The highest BCUT2D eigenvalue weighted by atomic mass is 79.9. The largest absolute Gasteiger partial charge is 0.456 e. The monoisotopic (exact) mass is 557 g/mol.